The van der Waals surface area contributed by atoms with Crippen molar-refractivity contribution in [1.82, 2.24) is 9.88 Å². The Morgan fingerprint density at radius 3 is 2.50 bits per heavy atom. The summed E-state index contributed by atoms with van der Waals surface area (Å²) in [5, 5.41) is 3.32. The first kappa shape index (κ1) is 13.2. The first-order valence-electron chi connectivity index (χ1n) is 5.81. The maximum atomic E-state index is 5.44. The molecule has 0 fully saturated rings. The van der Waals surface area contributed by atoms with E-state index < -0.39 is 0 Å². The summed E-state index contributed by atoms with van der Waals surface area (Å²) < 4.78 is 12.9. The molecule has 0 spiro atoms. The van der Waals surface area contributed by atoms with Crippen LogP contribution in [0.3, 0.4) is 0 Å². The summed E-state index contributed by atoms with van der Waals surface area (Å²) >= 11 is 0. The van der Waals surface area contributed by atoms with Crippen molar-refractivity contribution < 1.29 is 9.47 Å². The summed E-state index contributed by atoms with van der Waals surface area (Å²) in [4.78, 5) is 0. The molecule has 16 heavy (non-hydrogen) atoms. The number of hydrogen-bond acceptors (Lipinski definition) is 3. The van der Waals surface area contributed by atoms with Gasteiger partial charge >= 0.3 is 0 Å². The van der Waals surface area contributed by atoms with Gasteiger partial charge in [0, 0.05) is 45.7 Å². The molecule has 1 heterocycles. The first-order chi connectivity index (χ1) is 7.76. The number of nitrogens with zero attached hydrogens (tertiary/aromatic N) is 1. The van der Waals surface area contributed by atoms with Gasteiger partial charge in [-0.3, -0.25) is 0 Å². The van der Waals surface area contributed by atoms with E-state index in [1.807, 2.05) is 31.7 Å². The van der Waals surface area contributed by atoms with Crippen LogP contribution in [0.1, 0.15) is 19.4 Å². The Balaban J connectivity index is 2.21. The average Bonchev–Trinajstić information content (AvgIpc) is 2.65. The van der Waals surface area contributed by atoms with Crippen LogP contribution >= 0.6 is 0 Å². The Hall–Kier alpha value is -0.840. The number of aromatic nitrogens is 1. The minimum atomic E-state index is -0.140. The molecular weight excluding hydrogens is 204 g/mol. The van der Waals surface area contributed by atoms with Crippen LogP contribution < -0.4 is 5.32 Å². The Morgan fingerprint density at radius 2 is 2.00 bits per heavy atom. The first-order valence-corrected chi connectivity index (χ1v) is 5.81. The topological polar surface area (TPSA) is 35.4 Å². The van der Waals surface area contributed by atoms with Gasteiger partial charge in [0.05, 0.1) is 0 Å². The highest BCUT2D eigenvalue weighted by Crippen LogP contribution is 1.99. The average molecular weight is 226 g/mol. The SMILES string of the molecule is CCOC(CNCc1ccn(C)c1)OCC. The molecular formula is C12H22N2O2. The fraction of sp³-hybridized carbons (Fsp3) is 0.667. The van der Waals surface area contributed by atoms with Gasteiger partial charge in [-0.2, -0.15) is 0 Å². The van der Waals surface area contributed by atoms with Crippen LogP contribution in [0.25, 0.3) is 0 Å². The molecule has 0 saturated carbocycles. The monoisotopic (exact) mass is 226 g/mol. The predicted octanol–water partition coefficient (Wildman–Crippen LogP) is 1.51. The summed E-state index contributed by atoms with van der Waals surface area (Å²) in [5.41, 5.74) is 1.27. The van der Waals surface area contributed by atoms with Crippen LogP contribution in [0, 0.1) is 0 Å². The number of ether oxygens (including phenoxy) is 2. The van der Waals surface area contributed by atoms with Crippen molar-refractivity contribution >= 4 is 0 Å². The van der Waals surface area contributed by atoms with Crippen molar-refractivity contribution in [2.24, 2.45) is 7.05 Å². The molecule has 0 saturated heterocycles. The number of hydrogen-bond donors (Lipinski definition) is 1. The van der Waals surface area contributed by atoms with Crippen molar-refractivity contribution in [3.63, 3.8) is 0 Å². The Morgan fingerprint density at radius 1 is 1.31 bits per heavy atom. The lowest BCUT2D eigenvalue weighted by Gasteiger charge is -2.17. The van der Waals surface area contributed by atoms with Crippen LogP contribution in [0.5, 0.6) is 0 Å². The fourth-order valence-corrected chi connectivity index (χ4v) is 1.54. The van der Waals surface area contributed by atoms with Crippen LogP contribution in [-0.2, 0) is 23.1 Å². The van der Waals surface area contributed by atoms with E-state index in [2.05, 4.69) is 17.6 Å². The molecule has 0 aromatic carbocycles. The summed E-state index contributed by atoms with van der Waals surface area (Å²) in [5.74, 6) is 0. The van der Waals surface area contributed by atoms with Crippen LogP contribution in [0.15, 0.2) is 18.5 Å². The summed E-state index contributed by atoms with van der Waals surface area (Å²) in [6.45, 7) is 6.87. The molecule has 4 nitrogen and oxygen atoms in total. The van der Waals surface area contributed by atoms with Gasteiger partial charge in [-0.05, 0) is 25.5 Å². The molecule has 1 rings (SSSR count). The van der Waals surface area contributed by atoms with E-state index in [9.17, 15) is 0 Å². The zero-order valence-corrected chi connectivity index (χ0v) is 10.4. The molecule has 4 heteroatoms. The van der Waals surface area contributed by atoms with Gasteiger partial charge in [0.15, 0.2) is 6.29 Å². The lowest BCUT2D eigenvalue weighted by molar-refractivity contribution is -0.133. The number of nitrogens with one attached hydrogen (secondary N) is 1. The van der Waals surface area contributed by atoms with Gasteiger partial charge < -0.3 is 19.4 Å². The van der Waals surface area contributed by atoms with E-state index in [0.29, 0.717) is 13.2 Å². The van der Waals surface area contributed by atoms with Crippen LogP contribution in [-0.4, -0.2) is 30.6 Å². The van der Waals surface area contributed by atoms with Gasteiger partial charge in [0.25, 0.3) is 0 Å². The minimum Gasteiger partial charge on any atom is -0.357 e. The highest BCUT2D eigenvalue weighted by Gasteiger charge is 2.06. The van der Waals surface area contributed by atoms with Crippen molar-refractivity contribution in [2.45, 2.75) is 26.7 Å². The molecule has 0 atom stereocenters. The minimum absolute atomic E-state index is 0.140. The second-order valence-corrected chi connectivity index (χ2v) is 3.66. The third-order valence-electron chi connectivity index (χ3n) is 2.24. The van der Waals surface area contributed by atoms with Gasteiger partial charge in [0.1, 0.15) is 0 Å². The molecule has 1 N–H and O–H groups in total. The Kier molecular flexibility index (Phi) is 6.15. The number of rotatable bonds is 8. The molecule has 0 radical (unpaired) electrons. The molecule has 1 aromatic rings. The van der Waals surface area contributed by atoms with Gasteiger partial charge in [-0.25, -0.2) is 0 Å². The van der Waals surface area contributed by atoms with Crippen LogP contribution in [0.4, 0.5) is 0 Å². The van der Waals surface area contributed by atoms with E-state index in [-0.39, 0.29) is 6.29 Å². The van der Waals surface area contributed by atoms with E-state index in [0.717, 1.165) is 13.1 Å². The highest BCUT2D eigenvalue weighted by atomic mass is 16.7. The standard InChI is InChI=1S/C12H22N2O2/c1-4-15-12(16-5-2)9-13-8-11-6-7-14(3)10-11/h6-7,10,12-13H,4-5,8-9H2,1-3H3. The van der Waals surface area contributed by atoms with Crippen LogP contribution in [0.2, 0.25) is 0 Å². The van der Waals surface area contributed by atoms with E-state index >= 15 is 0 Å². The van der Waals surface area contributed by atoms with Crippen molar-refractivity contribution in [2.75, 3.05) is 19.8 Å². The fourth-order valence-electron chi connectivity index (χ4n) is 1.54. The molecule has 0 bridgehead atoms. The molecule has 1 aromatic heterocycles. The van der Waals surface area contributed by atoms with Gasteiger partial charge in [-0.1, -0.05) is 0 Å². The third kappa shape index (κ3) is 4.79. The zero-order chi connectivity index (χ0) is 11.8. The molecule has 0 amide bonds. The normalized spacial score (nSPS) is 11.2. The summed E-state index contributed by atoms with van der Waals surface area (Å²) in [7, 11) is 2.02. The lowest BCUT2D eigenvalue weighted by Crippen LogP contribution is -2.31. The molecule has 0 aliphatic rings. The van der Waals surface area contributed by atoms with Crippen molar-refractivity contribution in [3.8, 4) is 0 Å². The van der Waals surface area contributed by atoms with E-state index in [4.69, 9.17) is 9.47 Å². The smallest absolute Gasteiger partial charge is 0.169 e. The quantitative estimate of drug-likeness (QED) is 0.683. The zero-order valence-electron chi connectivity index (χ0n) is 10.4. The maximum absolute atomic E-state index is 5.44. The Bertz CT molecular complexity index is 280. The summed E-state index contributed by atoms with van der Waals surface area (Å²) in [6.07, 6.45) is 4.00. The van der Waals surface area contributed by atoms with E-state index in [1.54, 1.807) is 0 Å². The largest absolute Gasteiger partial charge is 0.357 e. The molecule has 92 valence electrons. The van der Waals surface area contributed by atoms with Crippen molar-refractivity contribution in [1.29, 1.82) is 0 Å². The van der Waals surface area contributed by atoms with Crippen molar-refractivity contribution in [3.05, 3.63) is 24.0 Å². The molecule has 0 aliphatic carbocycles. The second-order valence-electron chi connectivity index (χ2n) is 3.66. The third-order valence-corrected chi connectivity index (χ3v) is 2.24. The number of aryl methyl sites for hydroxylation is 1. The maximum Gasteiger partial charge on any atom is 0.169 e. The summed E-state index contributed by atoms with van der Waals surface area (Å²) in [6, 6.07) is 2.10. The van der Waals surface area contributed by atoms with Gasteiger partial charge in [0.2, 0.25) is 0 Å². The second kappa shape index (κ2) is 7.44. The van der Waals surface area contributed by atoms with E-state index in [1.165, 1.54) is 5.56 Å². The Labute approximate surface area is 97.5 Å². The van der Waals surface area contributed by atoms with Gasteiger partial charge in [-0.15, -0.1) is 0 Å². The predicted molar refractivity (Wildman–Crippen MR) is 64.2 cm³/mol. The molecule has 0 unspecified atom stereocenters. The highest BCUT2D eigenvalue weighted by molar-refractivity contribution is 5.09. The molecule has 0 aliphatic heterocycles. The lowest BCUT2D eigenvalue weighted by atomic mass is 10.3.